The Kier molecular flexibility index (Phi) is 4.65. The van der Waals surface area contributed by atoms with E-state index in [2.05, 4.69) is 27.1 Å². The quantitative estimate of drug-likeness (QED) is 0.826. The highest BCUT2D eigenvalue weighted by Gasteiger charge is 2.13. The Balaban J connectivity index is 2.13. The van der Waals surface area contributed by atoms with Gasteiger partial charge in [-0.1, -0.05) is 23.2 Å². The van der Waals surface area contributed by atoms with Crippen LogP contribution in [0, 0.1) is 11.8 Å². The minimum atomic E-state index is -0.308. The van der Waals surface area contributed by atoms with Gasteiger partial charge in [-0.25, -0.2) is 4.98 Å². The van der Waals surface area contributed by atoms with E-state index in [-0.39, 0.29) is 12.5 Å². The summed E-state index contributed by atoms with van der Waals surface area (Å²) in [7, 11) is 1.48. The summed E-state index contributed by atoms with van der Waals surface area (Å²) < 4.78 is 5.09. The van der Waals surface area contributed by atoms with Crippen LogP contribution < -0.4 is 15.8 Å². The fourth-order valence-corrected chi connectivity index (χ4v) is 2.11. The number of ether oxygens (including phenoxy) is 1. The molecule has 0 aromatic carbocycles. The van der Waals surface area contributed by atoms with Gasteiger partial charge in [0.15, 0.2) is 5.13 Å². The summed E-state index contributed by atoms with van der Waals surface area (Å²) in [6.45, 7) is 0.286. The first-order valence-electron chi connectivity index (χ1n) is 5.68. The molecule has 0 unspecified atom stereocenters. The van der Waals surface area contributed by atoms with Crippen LogP contribution in [0.5, 0.6) is 5.75 Å². The summed E-state index contributed by atoms with van der Waals surface area (Å²) in [5, 5.41) is 3.16. The van der Waals surface area contributed by atoms with E-state index >= 15 is 0 Å². The molecule has 0 saturated carbocycles. The molecule has 6 nitrogen and oxygen atoms in total. The standard InChI is InChI=1S/C13H12N4O2S/c1-19-11-8-15-6-4-10(11)12(18)17-13-16-7-9(20-13)3-2-5-14/h4,6-8H,5,14H2,1H3,(H,16,17,18). The number of carbonyl (C=O) groups excluding carboxylic acids is 1. The third-order valence-corrected chi connectivity index (χ3v) is 3.12. The highest BCUT2D eigenvalue weighted by atomic mass is 32.1. The lowest BCUT2D eigenvalue weighted by atomic mass is 10.2. The topological polar surface area (TPSA) is 90.1 Å². The van der Waals surface area contributed by atoms with E-state index < -0.39 is 0 Å². The molecule has 3 N–H and O–H groups in total. The van der Waals surface area contributed by atoms with Gasteiger partial charge < -0.3 is 10.5 Å². The van der Waals surface area contributed by atoms with E-state index in [4.69, 9.17) is 10.5 Å². The molecule has 20 heavy (non-hydrogen) atoms. The highest BCUT2D eigenvalue weighted by molar-refractivity contribution is 7.16. The summed E-state index contributed by atoms with van der Waals surface area (Å²) in [6.07, 6.45) is 4.60. The maximum absolute atomic E-state index is 12.1. The summed E-state index contributed by atoms with van der Waals surface area (Å²) >= 11 is 1.28. The Hall–Kier alpha value is -2.43. The van der Waals surface area contributed by atoms with Crippen LogP contribution in [-0.4, -0.2) is 29.5 Å². The molecule has 102 valence electrons. The molecule has 0 aliphatic rings. The molecule has 2 aromatic heterocycles. The summed E-state index contributed by atoms with van der Waals surface area (Å²) in [6, 6.07) is 1.58. The lowest BCUT2D eigenvalue weighted by Gasteiger charge is -2.06. The number of aromatic nitrogens is 2. The molecule has 2 heterocycles. The van der Waals surface area contributed by atoms with Crippen LogP contribution in [0.15, 0.2) is 24.7 Å². The molecule has 0 bridgehead atoms. The third kappa shape index (κ3) is 3.32. The predicted octanol–water partition coefficient (Wildman–Crippen LogP) is 1.11. The van der Waals surface area contributed by atoms with E-state index in [1.807, 2.05) is 0 Å². The second-order valence-electron chi connectivity index (χ2n) is 3.57. The van der Waals surface area contributed by atoms with Crippen molar-refractivity contribution in [3.63, 3.8) is 0 Å². The Morgan fingerprint density at radius 1 is 1.55 bits per heavy atom. The van der Waals surface area contributed by atoms with E-state index in [1.165, 1.54) is 30.8 Å². The maximum atomic E-state index is 12.1. The Bertz CT molecular complexity index is 672. The largest absolute Gasteiger partial charge is 0.494 e. The molecular weight excluding hydrogens is 276 g/mol. The maximum Gasteiger partial charge on any atom is 0.261 e. The Labute approximate surface area is 120 Å². The van der Waals surface area contributed by atoms with Crippen LogP contribution in [0.25, 0.3) is 0 Å². The fraction of sp³-hybridized carbons (Fsp3) is 0.154. The second-order valence-corrected chi connectivity index (χ2v) is 4.60. The van der Waals surface area contributed by atoms with Gasteiger partial charge in [0.05, 0.1) is 36.5 Å². The van der Waals surface area contributed by atoms with Crippen LogP contribution in [-0.2, 0) is 0 Å². The smallest absolute Gasteiger partial charge is 0.261 e. The predicted molar refractivity (Wildman–Crippen MR) is 76.8 cm³/mol. The van der Waals surface area contributed by atoms with E-state index in [0.29, 0.717) is 16.4 Å². The second kappa shape index (κ2) is 6.65. The third-order valence-electron chi connectivity index (χ3n) is 2.29. The fourth-order valence-electron chi connectivity index (χ4n) is 1.42. The van der Waals surface area contributed by atoms with Gasteiger partial charge in [0, 0.05) is 6.20 Å². The number of methoxy groups -OCH3 is 1. The molecule has 0 aliphatic heterocycles. The minimum absolute atomic E-state index is 0.286. The number of nitrogens with zero attached hydrogens (tertiary/aromatic N) is 2. The normalized spacial score (nSPS) is 9.50. The molecule has 0 spiro atoms. The van der Waals surface area contributed by atoms with Crippen molar-refractivity contribution < 1.29 is 9.53 Å². The van der Waals surface area contributed by atoms with Gasteiger partial charge in [-0.3, -0.25) is 15.1 Å². The number of amides is 1. The average molecular weight is 288 g/mol. The SMILES string of the molecule is COc1cnccc1C(=O)Nc1ncc(C#CCN)s1. The summed E-state index contributed by atoms with van der Waals surface area (Å²) in [5.41, 5.74) is 5.69. The number of thiazole rings is 1. The molecule has 2 rings (SSSR count). The highest BCUT2D eigenvalue weighted by Crippen LogP contribution is 2.21. The van der Waals surface area contributed by atoms with Crippen molar-refractivity contribution in [2.24, 2.45) is 5.73 Å². The van der Waals surface area contributed by atoms with Gasteiger partial charge in [-0.2, -0.15) is 0 Å². The van der Waals surface area contributed by atoms with Gasteiger partial charge in [0.2, 0.25) is 0 Å². The zero-order chi connectivity index (χ0) is 14.4. The van der Waals surface area contributed by atoms with Crippen LogP contribution in [0.1, 0.15) is 15.2 Å². The van der Waals surface area contributed by atoms with Crippen molar-refractivity contribution in [3.05, 3.63) is 35.1 Å². The molecule has 0 radical (unpaired) electrons. The molecule has 0 aliphatic carbocycles. The number of hydrogen-bond acceptors (Lipinski definition) is 6. The molecule has 0 fully saturated rings. The minimum Gasteiger partial charge on any atom is -0.494 e. The van der Waals surface area contributed by atoms with Crippen molar-refractivity contribution >= 4 is 22.4 Å². The number of carbonyl (C=O) groups is 1. The van der Waals surface area contributed by atoms with Crippen molar-refractivity contribution in [1.82, 2.24) is 9.97 Å². The first kappa shape index (κ1) is 14.0. The molecular formula is C13H12N4O2S. The van der Waals surface area contributed by atoms with Crippen molar-refractivity contribution in [2.45, 2.75) is 0 Å². The van der Waals surface area contributed by atoms with Crippen LogP contribution in [0.4, 0.5) is 5.13 Å². The van der Waals surface area contributed by atoms with Crippen molar-refractivity contribution in [2.75, 3.05) is 19.0 Å². The summed E-state index contributed by atoms with van der Waals surface area (Å²) in [5.74, 6) is 5.68. The van der Waals surface area contributed by atoms with Gasteiger partial charge >= 0.3 is 0 Å². The molecule has 1 amide bonds. The molecule has 7 heteroatoms. The van der Waals surface area contributed by atoms with Crippen molar-refractivity contribution in [1.29, 1.82) is 0 Å². The van der Waals surface area contributed by atoms with E-state index in [9.17, 15) is 4.79 Å². The number of pyridine rings is 1. The number of anilines is 1. The van der Waals surface area contributed by atoms with Crippen molar-refractivity contribution in [3.8, 4) is 17.6 Å². The first-order valence-corrected chi connectivity index (χ1v) is 6.50. The summed E-state index contributed by atoms with van der Waals surface area (Å²) in [4.78, 5) is 20.8. The molecule has 0 atom stereocenters. The lowest BCUT2D eigenvalue weighted by molar-refractivity contribution is 0.102. The zero-order valence-corrected chi connectivity index (χ0v) is 11.5. The monoisotopic (exact) mass is 288 g/mol. The van der Waals surface area contributed by atoms with Gasteiger partial charge in [0.1, 0.15) is 5.75 Å². The zero-order valence-electron chi connectivity index (χ0n) is 10.7. The number of nitrogens with one attached hydrogen (secondary N) is 1. The van der Waals surface area contributed by atoms with Crippen LogP contribution in [0.3, 0.4) is 0 Å². The van der Waals surface area contributed by atoms with Gasteiger partial charge in [-0.05, 0) is 6.07 Å². The Morgan fingerprint density at radius 3 is 3.15 bits per heavy atom. The Morgan fingerprint density at radius 2 is 2.40 bits per heavy atom. The van der Waals surface area contributed by atoms with Crippen LogP contribution in [0.2, 0.25) is 0 Å². The van der Waals surface area contributed by atoms with Gasteiger partial charge in [-0.15, -0.1) is 0 Å². The first-order chi connectivity index (χ1) is 9.74. The number of rotatable bonds is 3. The van der Waals surface area contributed by atoms with E-state index in [0.717, 1.165) is 4.88 Å². The lowest BCUT2D eigenvalue weighted by Crippen LogP contribution is -2.13. The van der Waals surface area contributed by atoms with Gasteiger partial charge in [0.25, 0.3) is 5.91 Å². The molecule has 0 saturated heterocycles. The van der Waals surface area contributed by atoms with E-state index in [1.54, 1.807) is 12.3 Å². The van der Waals surface area contributed by atoms with Crippen LogP contribution >= 0.6 is 11.3 Å². The molecule has 2 aromatic rings. The average Bonchev–Trinajstić information content (AvgIpc) is 2.92. The number of hydrogen-bond donors (Lipinski definition) is 2. The number of nitrogens with two attached hydrogens (primary N) is 1.